The number of hydrogen-bond donors (Lipinski definition) is 1. The number of hydrogen-bond acceptors (Lipinski definition) is 3. The Morgan fingerprint density at radius 3 is 2.71 bits per heavy atom. The highest BCUT2D eigenvalue weighted by atomic mass is 79.9. The number of rotatable bonds is 3. The van der Waals surface area contributed by atoms with Gasteiger partial charge in [0.25, 0.3) is 0 Å². The average Bonchev–Trinajstić information content (AvgIpc) is 2.82. The molecular weight excluding hydrogens is 322 g/mol. The van der Waals surface area contributed by atoms with Gasteiger partial charge >= 0.3 is 0 Å². The number of halogens is 2. The predicted molar refractivity (Wildman–Crippen MR) is 78.3 cm³/mol. The second kappa shape index (κ2) is 6.40. The van der Waals surface area contributed by atoms with Gasteiger partial charge in [0, 0.05) is 9.35 Å². The molecule has 2 rings (SSSR count). The van der Waals surface area contributed by atoms with E-state index in [-0.39, 0.29) is 18.4 Å². The van der Waals surface area contributed by atoms with Crippen LogP contribution in [-0.2, 0) is 0 Å². The van der Waals surface area contributed by atoms with E-state index in [2.05, 4.69) is 15.9 Å². The summed E-state index contributed by atoms with van der Waals surface area (Å²) in [5, 5.41) is 2.03. The Balaban J connectivity index is 0.00000144. The molecule has 1 heterocycles. The summed E-state index contributed by atoms with van der Waals surface area (Å²) < 4.78 is 6.21. The summed E-state index contributed by atoms with van der Waals surface area (Å²) in [4.78, 5) is 1.15. The number of benzene rings is 1. The van der Waals surface area contributed by atoms with E-state index in [4.69, 9.17) is 10.5 Å². The van der Waals surface area contributed by atoms with E-state index in [0.29, 0.717) is 0 Å². The van der Waals surface area contributed by atoms with Crippen molar-refractivity contribution in [3.8, 4) is 5.75 Å². The summed E-state index contributed by atoms with van der Waals surface area (Å²) in [6, 6.07) is 9.78. The van der Waals surface area contributed by atoms with Gasteiger partial charge in [0.05, 0.1) is 13.2 Å². The van der Waals surface area contributed by atoms with Crippen LogP contribution in [0.1, 0.15) is 16.5 Å². The monoisotopic (exact) mass is 333 g/mol. The molecule has 0 amide bonds. The van der Waals surface area contributed by atoms with Gasteiger partial charge in [0.1, 0.15) is 5.75 Å². The topological polar surface area (TPSA) is 35.2 Å². The van der Waals surface area contributed by atoms with E-state index in [0.717, 1.165) is 20.7 Å². The van der Waals surface area contributed by atoms with Crippen molar-refractivity contribution in [1.29, 1.82) is 0 Å². The van der Waals surface area contributed by atoms with Gasteiger partial charge in [0.2, 0.25) is 0 Å². The van der Waals surface area contributed by atoms with Gasteiger partial charge < -0.3 is 10.5 Å². The van der Waals surface area contributed by atoms with Gasteiger partial charge in [-0.25, -0.2) is 0 Å². The number of ether oxygens (including phenoxy) is 1. The quantitative estimate of drug-likeness (QED) is 0.921. The smallest absolute Gasteiger partial charge is 0.119 e. The summed E-state index contributed by atoms with van der Waals surface area (Å²) in [6.07, 6.45) is 0. The van der Waals surface area contributed by atoms with E-state index in [1.165, 1.54) is 0 Å². The standard InChI is InChI=1S/C12H12BrNOS.ClH/c1-15-8-4-5-10(13)9(7-8)12(14)11-3-2-6-16-11;/h2-7,12H,14H2,1H3;1H/t12-;/m1./s1. The first-order valence-electron chi connectivity index (χ1n) is 4.85. The van der Waals surface area contributed by atoms with Crippen LogP contribution in [0.2, 0.25) is 0 Å². The first-order chi connectivity index (χ1) is 7.72. The third-order valence-electron chi connectivity index (χ3n) is 2.39. The van der Waals surface area contributed by atoms with Crippen LogP contribution >= 0.6 is 39.7 Å². The molecule has 0 radical (unpaired) electrons. The molecule has 1 atom stereocenters. The number of nitrogens with two attached hydrogens (primary N) is 1. The van der Waals surface area contributed by atoms with Crippen LogP contribution in [0.15, 0.2) is 40.2 Å². The van der Waals surface area contributed by atoms with E-state index < -0.39 is 0 Å². The van der Waals surface area contributed by atoms with Gasteiger partial charge in [-0.2, -0.15) is 0 Å². The van der Waals surface area contributed by atoms with Crippen molar-refractivity contribution >= 4 is 39.7 Å². The summed E-state index contributed by atoms with van der Waals surface area (Å²) in [7, 11) is 1.66. The van der Waals surface area contributed by atoms with E-state index >= 15 is 0 Å². The fourth-order valence-electron chi connectivity index (χ4n) is 1.51. The van der Waals surface area contributed by atoms with E-state index in [1.807, 2.05) is 35.7 Å². The lowest BCUT2D eigenvalue weighted by molar-refractivity contribution is 0.414. The molecule has 2 aromatic rings. The molecule has 0 saturated carbocycles. The molecule has 0 aliphatic carbocycles. The highest BCUT2D eigenvalue weighted by Gasteiger charge is 2.13. The van der Waals surface area contributed by atoms with Gasteiger partial charge in [-0.05, 0) is 35.2 Å². The molecule has 0 saturated heterocycles. The Kier molecular flexibility index (Phi) is 5.46. The van der Waals surface area contributed by atoms with Crippen molar-refractivity contribution in [2.45, 2.75) is 6.04 Å². The molecular formula is C12H13BrClNOS. The van der Waals surface area contributed by atoms with Gasteiger partial charge in [-0.1, -0.05) is 22.0 Å². The zero-order valence-corrected chi connectivity index (χ0v) is 12.4. The van der Waals surface area contributed by atoms with Crippen molar-refractivity contribution in [3.63, 3.8) is 0 Å². The fourth-order valence-corrected chi connectivity index (χ4v) is 2.75. The van der Waals surface area contributed by atoms with Crippen molar-refractivity contribution in [3.05, 3.63) is 50.6 Å². The Morgan fingerprint density at radius 2 is 2.12 bits per heavy atom. The zero-order valence-electron chi connectivity index (χ0n) is 9.22. The van der Waals surface area contributed by atoms with Crippen molar-refractivity contribution in [1.82, 2.24) is 0 Å². The molecule has 2 N–H and O–H groups in total. The number of thiophene rings is 1. The Morgan fingerprint density at radius 1 is 1.35 bits per heavy atom. The van der Waals surface area contributed by atoms with E-state index in [9.17, 15) is 0 Å². The first kappa shape index (κ1) is 14.5. The van der Waals surface area contributed by atoms with Gasteiger partial charge in [-0.3, -0.25) is 0 Å². The lowest BCUT2D eigenvalue weighted by Crippen LogP contribution is -2.11. The lowest BCUT2D eigenvalue weighted by Gasteiger charge is -2.13. The third-order valence-corrected chi connectivity index (χ3v) is 4.07. The normalized spacial score (nSPS) is 11.7. The second-order valence-electron chi connectivity index (χ2n) is 3.38. The zero-order chi connectivity index (χ0) is 11.5. The molecule has 0 aliphatic heterocycles. The lowest BCUT2D eigenvalue weighted by atomic mass is 10.1. The maximum atomic E-state index is 6.21. The van der Waals surface area contributed by atoms with E-state index in [1.54, 1.807) is 18.4 Å². The molecule has 0 aliphatic rings. The molecule has 92 valence electrons. The molecule has 5 heteroatoms. The minimum Gasteiger partial charge on any atom is -0.497 e. The highest BCUT2D eigenvalue weighted by Crippen LogP contribution is 2.31. The first-order valence-corrected chi connectivity index (χ1v) is 6.52. The SMILES string of the molecule is COc1ccc(Br)c([C@@H](N)c2cccs2)c1.Cl. The molecule has 1 aromatic carbocycles. The van der Waals surface area contributed by atoms with Crippen LogP contribution in [0.4, 0.5) is 0 Å². The van der Waals surface area contributed by atoms with Crippen LogP contribution in [0, 0.1) is 0 Å². The van der Waals surface area contributed by atoms with Crippen LogP contribution in [0.25, 0.3) is 0 Å². The largest absolute Gasteiger partial charge is 0.497 e. The van der Waals surface area contributed by atoms with Crippen molar-refractivity contribution in [2.75, 3.05) is 7.11 Å². The minimum absolute atomic E-state index is 0. The third kappa shape index (κ3) is 3.22. The molecule has 17 heavy (non-hydrogen) atoms. The summed E-state index contributed by atoms with van der Waals surface area (Å²) in [6.45, 7) is 0. The predicted octanol–water partition coefficient (Wildman–Crippen LogP) is 3.99. The van der Waals surface area contributed by atoms with Crippen LogP contribution in [0.3, 0.4) is 0 Å². The van der Waals surface area contributed by atoms with Crippen LogP contribution in [-0.4, -0.2) is 7.11 Å². The Hall–Kier alpha value is -0.550. The van der Waals surface area contributed by atoms with Crippen molar-refractivity contribution < 1.29 is 4.74 Å². The molecule has 1 aromatic heterocycles. The van der Waals surface area contributed by atoms with Crippen LogP contribution in [0.5, 0.6) is 5.75 Å². The summed E-state index contributed by atoms with van der Waals surface area (Å²) in [5.74, 6) is 0.824. The molecule has 0 unspecified atom stereocenters. The van der Waals surface area contributed by atoms with Gasteiger partial charge in [-0.15, -0.1) is 23.7 Å². The molecule has 0 fully saturated rings. The minimum atomic E-state index is -0.107. The molecule has 2 nitrogen and oxygen atoms in total. The molecule has 0 spiro atoms. The van der Waals surface area contributed by atoms with Gasteiger partial charge in [0.15, 0.2) is 0 Å². The Labute approximate surface area is 119 Å². The van der Waals surface area contributed by atoms with Crippen molar-refractivity contribution in [2.24, 2.45) is 5.73 Å². The fraction of sp³-hybridized carbons (Fsp3) is 0.167. The number of methoxy groups -OCH3 is 1. The Bertz CT molecular complexity index is 475. The second-order valence-corrected chi connectivity index (χ2v) is 5.21. The average molecular weight is 335 g/mol. The summed E-state index contributed by atoms with van der Waals surface area (Å²) in [5.41, 5.74) is 7.25. The summed E-state index contributed by atoms with van der Waals surface area (Å²) >= 11 is 5.18. The maximum absolute atomic E-state index is 6.21. The maximum Gasteiger partial charge on any atom is 0.119 e. The molecule has 0 bridgehead atoms. The highest BCUT2D eigenvalue weighted by molar-refractivity contribution is 9.10. The van der Waals surface area contributed by atoms with Crippen LogP contribution < -0.4 is 10.5 Å².